The Balaban J connectivity index is 1.93. The summed E-state index contributed by atoms with van der Waals surface area (Å²) in [5.74, 6) is 0.410. The summed E-state index contributed by atoms with van der Waals surface area (Å²) in [5.41, 5.74) is 11.3. The summed E-state index contributed by atoms with van der Waals surface area (Å²) in [6.45, 7) is 0.520. The van der Waals surface area contributed by atoms with Gasteiger partial charge >= 0.3 is 6.03 Å². The number of carbonyl (C=O) groups is 2. The molecular formula is C13H18N4O3. The smallest absolute Gasteiger partial charge is 0.315 e. The number of primary amides is 1. The number of carbonyl (C=O) groups excluding carboxylic acids is 2. The minimum Gasteiger partial charge on any atom is -0.497 e. The van der Waals surface area contributed by atoms with Crippen LogP contribution in [0.25, 0.3) is 0 Å². The fourth-order valence-corrected chi connectivity index (χ4v) is 2.22. The molecular weight excluding hydrogens is 260 g/mol. The van der Waals surface area contributed by atoms with Crippen LogP contribution in [0.15, 0.2) is 24.3 Å². The van der Waals surface area contributed by atoms with E-state index >= 15 is 0 Å². The van der Waals surface area contributed by atoms with Gasteiger partial charge in [0.25, 0.3) is 5.91 Å². The third-order valence-corrected chi connectivity index (χ3v) is 3.24. The van der Waals surface area contributed by atoms with Gasteiger partial charge in [-0.3, -0.25) is 15.6 Å². The SMILES string of the molecule is COc1cccc(NNC(=O)C2CCCN2C(N)=O)c1. The van der Waals surface area contributed by atoms with Gasteiger partial charge in [-0.15, -0.1) is 0 Å². The van der Waals surface area contributed by atoms with Gasteiger partial charge in [0.1, 0.15) is 11.8 Å². The van der Waals surface area contributed by atoms with Crippen LogP contribution in [0.4, 0.5) is 10.5 Å². The second kappa shape index (κ2) is 6.14. The zero-order chi connectivity index (χ0) is 14.5. The molecule has 1 fully saturated rings. The third kappa shape index (κ3) is 3.11. The first-order valence-electron chi connectivity index (χ1n) is 6.38. The zero-order valence-corrected chi connectivity index (χ0v) is 11.3. The summed E-state index contributed by atoms with van der Waals surface area (Å²) in [7, 11) is 1.57. The third-order valence-electron chi connectivity index (χ3n) is 3.24. The molecule has 4 N–H and O–H groups in total. The Morgan fingerprint density at radius 1 is 1.45 bits per heavy atom. The second-order valence-corrected chi connectivity index (χ2v) is 4.54. The molecule has 1 unspecified atom stereocenters. The van der Waals surface area contributed by atoms with Crippen LogP contribution in [0, 0.1) is 0 Å². The van der Waals surface area contributed by atoms with Gasteiger partial charge in [0.15, 0.2) is 0 Å². The Morgan fingerprint density at radius 2 is 2.25 bits per heavy atom. The monoisotopic (exact) mass is 278 g/mol. The van der Waals surface area contributed by atoms with E-state index in [0.717, 1.165) is 6.42 Å². The van der Waals surface area contributed by atoms with Crippen molar-refractivity contribution in [1.82, 2.24) is 10.3 Å². The molecule has 0 aromatic heterocycles. The molecule has 0 aliphatic carbocycles. The summed E-state index contributed by atoms with van der Waals surface area (Å²) in [4.78, 5) is 24.6. The minimum atomic E-state index is -0.566. The number of hydrazine groups is 1. The molecule has 2 rings (SSSR count). The van der Waals surface area contributed by atoms with Crippen molar-refractivity contribution >= 4 is 17.6 Å². The van der Waals surface area contributed by atoms with E-state index in [1.165, 1.54) is 4.90 Å². The molecule has 0 bridgehead atoms. The highest BCUT2D eigenvalue weighted by molar-refractivity contribution is 5.87. The van der Waals surface area contributed by atoms with E-state index in [1.54, 1.807) is 31.4 Å². The number of nitrogens with two attached hydrogens (primary N) is 1. The van der Waals surface area contributed by atoms with Crippen LogP contribution in [-0.2, 0) is 4.79 Å². The lowest BCUT2D eigenvalue weighted by atomic mass is 10.2. The van der Waals surface area contributed by atoms with Crippen molar-refractivity contribution in [2.75, 3.05) is 19.1 Å². The molecule has 1 heterocycles. The average Bonchev–Trinajstić information content (AvgIpc) is 2.94. The maximum absolute atomic E-state index is 12.0. The summed E-state index contributed by atoms with van der Waals surface area (Å²) in [5, 5.41) is 0. The van der Waals surface area contributed by atoms with Gasteiger partial charge in [-0.05, 0) is 25.0 Å². The number of anilines is 1. The molecule has 1 aliphatic rings. The standard InChI is InChI=1S/C13H18N4O3/c1-20-10-5-2-4-9(8-10)15-16-12(18)11-6-3-7-17(11)13(14)19/h2,4-5,8,11,15H,3,6-7H2,1H3,(H2,14,19)(H,16,18). The van der Waals surface area contributed by atoms with Crippen molar-refractivity contribution in [3.05, 3.63) is 24.3 Å². The second-order valence-electron chi connectivity index (χ2n) is 4.54. The van der Waals surface area contributed by atoms with Crippen LogP contribution < -0.4 is 21.3 Å². The molecule has 1 saturated heterocycles. The van der Waals surface area contributed by atoms with Gasteiger partial charge in [0.05, 0.1) is 12.8 Å². The number of amides is 3. The van der Waals surface area contributed by atoms with Crippen LogP contribution in [0.5, 0.6) is 5.75 Å². The molecule has 0 radical (unpaired) electrons. The lowest BCUT2D eigenvalue weighted by molar-refractivity contribution is -0.124. The van der Waals surface area contributed by atoms with E-state index in [-0.39, 0.29) is 5.91 Å². The van der Waals surface area contributed by atoms with E-state index in [2.05, 4.69) is 10.9 Å². The first kappa shape index (κ1) is 14.0. The number of methoxy groups -OCH3 is 1. The molecule has 7 nitrogen and oxygen atoms in total. The highest BCUT2D eigenvalue weighted by Gasteiger charge is 2.32. The van der Waals surface area contributed by atoms with Gasteiger partial charge in [0.2, 0.25) is 0 Å². The van der Waals surface area contributed by atoms with E-state index in [0.29, 0.717) is 24.4 Å². The van der Waals surface area contributed by atoms with Crippen LogP contribution >= 0.6 is 0 Å². The van der Waals surface area contributed by atoms with Gasteiger partial charge in [0, 0.05) is 12.6 Å². The first-order valence-corrected chi connectivity index (χ1v) is 6.38. The van der Waals surface area contributed by atoms with E-state index < -0.39 is 12.1 Å². The van der Waals surface area contributed by atoms with Crippen LogP contribution in [0.2, 0.25) is 0 Å². The predicted molar refractivity (Wildman–Crippen MR) is 74.1 cm³/mol. The molecule has 1 aliphatic heterocycles. The molecule has 108 valence electrons. The lowest BCUT2D eigenvalue weighted by Gasteiger charge is -2.22. The number of benzene rings is 1. The number of hydrogen-bond donors (Lipinski definition) is 3. The fraction of sp³-hybridized carbons (Fsp3) is 0.385. The number of nitrogens with zero attached hydrogens (tertiary/aromatic N) is 1. The average molecular weight is 278 g/mol. The number of hydrogen-bond acceptors (Lipinski definition) is 4. The minimum absolute atomic E-state index is 0.274. The first-order chi connectivity index (χ1) is 9.61. The Morgan fingerprint density at radius 3 is 2.95 bits per heavy atom. The number of ether oxygens (including phenoxy) is 1. The zero-order valence-electron chi connectivity index (χ0n) is 11.3. The Hall–Kier alpha value is -2.44. The molecule has 3 amide bonds. The number of likely N-dealkylation sites (tertiary alicyclic amines) is 1. The summed E-state index contributed by atoms with van der Waals surface area (Å²) < 4.78 is 5.09. The molecule has 0 spiro atoms. The largest absolute Gasteiger partial charge is 0.497 e. The van der Waals surface area contributed by atoms with Crippen molar-refractivity contribution in [2.45, 2.75) is 18.9 Å². The topological polar surface area (TPSA) is 96.7 Å². The van der Waals surface area contributed by atoms with E-state index in [1.807, 2.05) is 0 Å². The van der Waals surface area contributed by atoms with Crippen molar-refractivity contribution < 1.29 is 14.3 Å². The van der Waals surface area contributed by atoms with Crippen LogP contribution in [0.1, 0.15) is 12.8 Å². The molecule has 7 heteroatoms. The quantitative estimate of drug-likeness (QED) is 0.706. The summed E-state index contributed by atoms with van der Waals surface area (Å²) in [6, 6.07) is 6.08. The van der Waals surface area contributed by atoms with Crippen molar-refractivity contribution in [3.63, 3.8) is 0 Å². The maximum atomic E-state index is 12.0. The van der Waals surface area contributed by atoms with E-state index in [9.17, 15) is 9.59 Å². The van der Waals surface area contributed by atoms with Gasteiger partial charge in [-0.1, -0.05) is 6.07 Å². The Bertz CT molecular complexity index is 506. The van der Waals surface area contributed by atoms with Gasteiger partial charge < -0.3 is 15.4 Å². The number of urea groups is 1. The summed E-state index contributed by atoms with van der Waals surface area (Å²) >= 11 is 0. The van der Waals surface area contributed by atoms with Crippen molar-refractivity contribution in [2.24, 2.45) is 5.73 Å². The fourth-order valence-electron chi connectivity index (χ4n) is 2.22. The molecule has 1 aromatic rings. The van der Waals surface area contributed by atoms with E-state index in [4.69, 9.17) is 10.5 Å². The van der Waals surface area contributed by atoms with Gasteiger partial charge in [-0.25, -0.2) is 4.79 Å². The molecule has 20 heavy (non-hydrogen) atoms. The molecule has 0 saturated carbocycles. The molecule has 1 aromatic carbocycles. The summed E-state index contributed by atoms with van der Waals surface area (Å²) in [6.07, 6.45) is 1.40. The number of nitrogens with one attached hydrogen (secondary N) is 2. The molecule has 1 atom stereocenters. The van der Waals surface area contributed by atoms with Crippen LogP contribution in [-0.4, -0.2) is 36.5 Å². The highest BCUT2D eigenvalue weighted by atomic mass is 16.5. The van der Waals surface area contributed by atoms with Crippen molar-refractivity contribution in [1.29, 1.82) is 0 Å². The predicted octanol–water partition coefficient (Wildman–Crippen LogP) is 0.681. The lowest BCUT2D eigenvalue weighted by Crippen LogP contribution is -2.49. The maximum Gasteiger partial charge on any atom is 0.315 e. The van der Waals surface area contributed by atoms with Crippen molar-refractivity contribution in [3.8, 4) is 5.75 Å². The highest BCUT2D eigenvalue weighted by Crippen LogP contribution is 2.18. The number of rotatable bonds is 4. The van der Waals surface area contributed by atoms with Gasteiger partial charge in [-0.2, -0.15) is 0 Å². The Kier molecular flexibility index (Phi) is 4.29. The normalized spacial score (nSPS) is 17.6. The Labute approximate surface area is 117 Å². The van der Waals surface area contributed by atoms with Crippen LogP contribution in [0.3, 0.4) is 0 Å².